The van der Waals surface area contributed by atoms with Gasteiger partial charge in [-0.2, -0.15) is 0 Å². The summed E-state index contributed by atoms with van der Waals surface area (Å²) in [5, 5.41) is 14.0. The third-order valence-electron chi connectivity index (χ3n) is 3.44. The van der Waals surface area contributed by atoms with Gasteiger partial charge in [0.1, 0.15) is 0 Å². The van der Waals surface area contributed by atoms with Crippen LogP contribution in [0.2, 0.25) is 0 Å². The SMILES string of the molecule is COC1CCCCC1Nc1ccc([N+](=O)[O-])cc1. The van der Waals surface area contributed by atoms with Crippen molar-refractivity contribution in [1.29, 1.82) is 0 Å². The molecular formula is C13H18N2O3. The van der Waals surface area contributed by atoms with Crippen molar-refractivity contribution in [2.75, 3.05) is 12.4 Å². The largest absolute Gasteiger partial charge is 0.380 e. The van der Waals surface area contributed by atoms with Gasteiger partial charge in [0.05, 0.1) is 17.1 Å². The van der Waals surface area contributed by atoms with E-state index in [-0.39, 0.29) is 16.7 Å². The molecule has 0 heterocycles. The molecule has 2 rings (SSSR count). The van der Waals surface area contributed by atoms with E-state index in [1.54, 1.807) is 19.2 Å². The van der Waals surface area contributed by atoms with E-state index in [0.717, 1.165) is 18.5 Å². The summed E-state index contributed by atoms with van der Waals surface area (Å²) in [5.74, 6) is 0. The molecule has 2 atom stereocenters. The summed E-state index contributed by atoms with van der Waals surface area (Å²) < 4.78 is 5.47. The van der Waals surface area contributed by atoms with Gasteiger partial charge >= 0.3 is 0 Å². The van der Waals surface area contributed by atoms with Gasteiger partial charge < -0.3 is 10.1 Å². The second kappa shape index (κ2) is 5.82. The third kappa shape index (κ3) is 2.98. The highest BCUT2D eigenvalue weighted by Crippen LogP contribution is 2.25. The minimum absolute atomic E-state index is 0.118. The Morgan fingerprint density at radius 2 is 1.94 bits per heavy atom. The van der Waals surface area contributed by atoms with Gasteiger partial charge in [-0.3, -0.25) is 10.1 Å². The molecule has 0 spiro atoms. The molecule has 2 unspecified atom stereocenters. The molecule has 0 saturated heterocycles. The summed E-state index contributed by atoms with van der Waals surface area (Å²) >= 11 is 0. The lowest BCUT2D eigenvalue weighted by atomic mass is 9.92. The zero-order valence-corrected chi connectivity index (χ0v) is 10.5. The molecule has 1 saturated carbocycles. The molecule has 5 nitrogen and oxygen atoms in total. The van der Waals surface area contributed by atoms with Crippen LogP contribution in [0.3, 0.4) is 0 Å². The standard InChI is InChI=1S/C13H18N2O3/c1-18-13-5-3-2-4-12(13)14-10-6-8-11(9-7-10)15(16)17/h6-9,12-14H,2-5H2,1H3. The number of ether oxygens (including phenoxy) is 1. The lowest BCUT2D eigenvalue weighted by Crippen LogP contribution is -2.37. The number of anilines is 1. The molecule has 1 aliphatic rings. The van der Waals surface area contributed by atoms with Crippen LogP contribution < -0.4 is 5.32 Å². The highest BCUT2D eigenvalue weighted by atomic mass is 16.6. The van der Waals surface area contributed by atoms with E-state index in [1.165, 1.54) is 25.0 Å². The van der Waals surface area contributed by atoms with Crippen LogP contribution >= 0.6 is 0 Å². The quantitative estimate of drug-likeness (QED) is 0.659. The second-order valence-electron chi connectivity index (χ2n) is 4.61. The van der Waals surface area contributed by atoms with Crippen LogP contribution in [-0.2, 0) is 4.74 Å². The van der Waals surface area contributed by atoms with Crippen molar-refractivity contribution in [3.8, 4) is 0 Å². The first-order chi connectivity index (χ1) is 8.70. The Bertz CT molecular complexity index is 405. The zero-order valence-electron chi connectivity index (χ0n) is 10.5. The van der Waals surface area contributed by atoms with E-state index in [4.69, 9.17) is 4.74 Å². The Morgan fingerprint density at radius 1 is 1.28 bits per heavy atom. The lowest BCUT2D eigenvalue weighted by Gasteiger charge is -2.31. The Kier molecular flexibility index (Phi) is 4.15. The van der Waals surface area contributed by atoms with Crippen LogP contribution in [-0.4, -0.2) is 24.2 Å². The summed E-state index contributed by atoms with van der Waals surface area (Å²) in [6, 6.07) is 6.84. The molecule has 0 aromatic heterocycles. The fourth-order valence-electron chi connectivity index (χ4n) is 2.44. The first kappa shape index (κ1) is 12.8. The molecule has 1 fully saturated rings. The smallest absolute Gasteiger partial charge is 0.269 e. The van der Waals surface area contributed by atoms with E-state index < -0.39 is 0 Å². The highest BCUT2D eigenvalue weighted by molar-refractivity contribution is 5.49. The molecule has 1 aliphatic carbocycles. The Balaban J connectivity index is 2.01. The number of hydrogen-bond donors (Lipinski definition) is 1. The van der Waals surface area contributed by atoms with Crippen LogP contribution in [0, 0.1) is 10.1 Å². The molecule has 1 aromatic carbocycles. The number of nitrogens with one attached hydrogen (secondary N) is 1. The minimum atomic E-state index is -0.387. The van der Waals surface area contributed by atoms with Crippen molar-refractivity contribution in [1.82, 2.24) is 0 Å². The van der Waals surface area contributed by atoms with Gasteiger partial charge in [-0.05, 0) is 25.0 Å². The Labute approximate surface area is 106 Å². The first-order valence-electron chi connectivity index (χ1n) is 6.24. The van der Waals surface area contributed by atoms with E-state index in [1.807, 2.05) is 0 Å². The average molecular weight is 250 g/mol. The highest BCUT2D eigenvalue weighted by Gasteiger charge is 2.24. The van der Waals surface area contributed by atoms with Crippen LogP contribution in [0.15, 0.2) is 24.3 Å². The topological polar surface area (TPSA) is 64.4 Å². The number of rotatable bonds is 4. The van der Waals surface area contributed by atoms with E-state index >= 15 is 0 Å². The number of nitrogens with zero attached hydrogens (tertiary/aromatic N) is 1. The van der Waals surface area contributed by atoms with Crippen molar-refractivity contribution in [2.45, 2.75) is 37.8 Å². The number of hydrogen-bond acceptors (Lipinski definition) is 4. The van der Waals surface area contributed by atoms with Crippen molar-refractivity contribution in [3.63, 3.8) is 0 Å². The monoisotopic (exact) mass is 250 g/mol. The minimum Gasteiger partial charge on any atom is -0.380 e. The first-order valence-corrected chi connectivity index (χ1v) is 6.24. The van der Waals surface area contributed by atoms with Crippen molar-refractivity contribution < 1.29 is 9.66 Å². The molecule has 5 heteroatoms. The molecule has 18 heavy (non-hydrogen) atoms. The molecule has 1 N–H and O–H groups in total. The maximum absolute atomic E-state index is 10.6. The van der Waals surface area contributed by atoms with Gasteiger partial charge in [0.25, 0.3) is 5.69 Å². The Hall–Kier alpha value is -1.62. The van der Waals surface area contributed by atoms with Gasteiger partial charge in [-0.1, -0.05) is 12.8 Å². The maximum Gasteiger partial charge on any atom is 0.269 e. The number of benzene rings is 1. The summed E-state index contributed by atoms with van der Waals surface area (Å²) in [6.45, 7) is 0. The van der Waals surface area contributed by atoms with Gasteiger partial charge in [0, 0.05) is 24.9 Å². The summed E-state index contributed by atoms with van der Waals surface area (Å²) in [7, 11) is 1.74. The predicted octanol–water partition coefficient (Wildman–Crippen LogP) is 2.96. The fraction of sp³-hybridized carbons (Fsp3) is 0.538. The molecular weight excluding hydrogens is 232 g/mol. The predicted molar refractivity (Wildman–Crippen MR) is 69.8 cm³/mol. The average Bonchev–Trinajstić information content (AvgIpc) is 2.40. The maximum atomic E-state index is 10.6. The van der Waals surface area contributed by atoms with Crippen molar-refractivity contribution in [2.24, 2.45) is 0 Å². The molecule has 0 aliphatic heterocycles. The molecule has 1 aromatic rings. The molecule has 98 valence electrons. The van der Waals surface area contributed by atoms with Crippen LogP contribution in [0.1, 0.15) is 25.7 Å². The number of non-ortho nitro benzene ring substituents is 1. The normalized spacial score (nSPS) is 23.6. The molecule has 0 bridgehead atoms. The zero-order chi connectivity index (χ0) is 13.0. The summed E-state index contributed by atoms with van der Waals surface area (Å²) in [4.78, 5) is 10.2. The van der Waals surface area contributed by atoms with Crippen LogP contribution in [0.25, 0.3) is 0 Å². The van der Waals surface area contributed by atoms with Gasteiger partial charge in [0.2, 0.25) is 0 Å². The van der Waals surface area contributed by atoms with Crippen LogP contribution in [0.5, 0.6) is 0 Å². The van der Waals surface area contributed by atoms with E-state index in [0.29, 0.717) is 6.04 Å². The van der Waals surface area contributed by atoms with Gasteiger partial charge in [-0.25, -0.2) is 0 Å². The summed E-state index contributed by atoms with van der Waals surface area (Å²) in [5.41, 5.74) is 1.03. The number of methoxy groups -OCH3 is 1. The number of nitro groups is 1. The number of nitro benzene ring substituents is 1. The third-order valence-corrected chi connectivity index (χ3v) is 3.44. The van der Waals surface area contributed by atoms with Crippen molar-refractivity contribution in [3.05, 3.63) is 34.4 Å². The molecule has 0 radical (unpaired) electrons. The van der Waals surface area contributed by atoms with E-state index in [9.17, 15) is 10.1 Å². The summed E-state index contributed by atoms with van der Waals surface area (Å²) in [6.07, 6.45) is 4.78. The Morgan fingerprint density at radius 3 is 2.56 bits per heavy atom. The second-order valence-corrected chi connectivity index (χ2v) is 4.61. The van der Waals surface area contributed by atoms with Crippen molar-refractivity contribution >= 4 is 11.4 Å². The fourth-order valence-corrected chi connectivity index (χ4v) is 2.44. The van der Waals surface area contributed by atoms with Crippen LogP contribution in [0.4, 0.5) is 11.4 Å². The van der Waals surface area contributed by atoms with E-state index in [2.05, 4.69) is 5.32 Å². The lowest BCUT2D eigenvalue weighted by molar-refractivity contribution is -0.384. The molecule has 0 amide bonds. The van der Waals surface area contributed by atoms with Gasteiger partial charge in [0.15, 0.2) is 0 Å². The van der Waals surface area contributed by atoms with Gasteiger partial charge in [-0.15, -0.1) is 0 Å².